The van der Waals surface area contributed by atoms with Crippen LogP contribution < -0.4 is 4.74 Å². The molecule has 23 heavy (non-hydrogen) atoms. The van der Waals surface area contributed by atoms with Gasteiger partial charge in [-0.2, -0.15) is 0 Å². The van der Waals surface area contributed by atoms with Crippen molar-refractivity contribution in [2.24, 2.45) is 0 Å². The van der Waals surface area contributed by atoms with Gasteiger partial charge in [0.05, 0.1) is 17.1 Å². The highest BCUT2D eigenvalue weighted by Gasteiger charge is 2.19. The van der Waals surface area contributed by atoms with Crippen molar-refractivity contribution < 1.29 is 23.6 Å². The minimum absolute atomic E-state index is 0.0207. The zero-order chi connectivity index (χ0) is 16.8. The summed E-state index contributed by atoms with van der Waals surface area (Å²) in [6.07, 6.45) is 0. The maximum atomic E-state index is 12.8. The summed E-state index contributed by atoms with van der Waals surface area (Å²) in [7, 11) is 0. The van der Waals surface area contributed by atoms with Crippen LogP contribution in [0.4, 0.5) is 10.1 Å². The summed E-state index contributed by atoms with van der Waals surface area (Å²) in [4.78, 5) is 22.1. The molecule has 2 rings (SSSR count). The number of halogens is 1. The number of rotatable bonds is 6. The Bertz CT molecular complexity index is 715. The van der Waals surface area contributed by atoms with Crippen molar-refractivity contribution in [1.82, 2.24) is 0 Å². The molecule has 0 aliphatic heterocycles. The first-order valence-electron chi connectivity index (χ1n) is 6.84. The second kappa shape index (κ2) is 7.35. The molecule has 0 saturated carbocycles. The van der Waals surface area contributed by atoms with Crippen LogP contribution in [0.3, 0.4) is 0 Å². The molecule has 120 valence electrons. The normalized spacial score (nSPS) is 10.2. The van der Waals surface area contributed by atoms with E-state index in [1.165, 1.54) is 36.4 Å². The number of carbonyl (C=O) groups excluding carboxylic acids is 1. The summed E-state index contributed by atoms with van der Waals surface area (Å²) in [5.74, 6) is -0.994. The number of nitrogens with zero attached hydrogens (tertiary/aromatic N) is 1. The van der Waals surface area contributed by atoms with Crippen molar-refractivity contribution in [1.29, 1.82) is 0 Å². The lowest BCUT2D eigenvalue weighted by Gasteiger charge is -2.08. The molecular weight excluding hydrogens is 305 g/mol. The molecule has 0 bridgehead atoms. The Morgan fingerprint density at radius 3 is 2.52 bits per heavy atom. The fourth-order valence-corrected chi connectivity index (χ4v) is 1.87. The van der Waals surface area contributed by atoms with Gasteiger partial charge in [-0.3, -0.25) is 10.1 Å². The average molecular weight is 319 g/mol. The minimum Gasteiger partial charge on any atom is -0.482 e. The van der Waals surface area contributed by atoms with E-state index in [1.807, 2.05) is 0 Å². The fraction of sp³-hybridized carbons (Fsp3) is 0.188. The molecule has 7 heteroatoms. The van der Waals surface area contributed by atoms with E-state index in [0.717, 1.165) is 6.07 Å². The van der Waals surface area contributed by atoms with Gasteiger partial charge in [-0.25, -0.2) is 9.18 Å². The standard InChI is InChI=1S/C16H14FNO5/c1-2-22-16(19)12-5-8-15(14(9-12)18(20)21)23-10-11-3-6-13(17)7-4-11/h3-9H,2,10H2,1H3. The number of hydrogen-bond acceptors (Lipinski definition) is 5. The summed E-state index contributed by atoms with van der Waals surface area (Å²) in [6.45, 7) is 1.86. The first-order valence-corrected chi connectivity index (χ1v) is 6.84. The Morgan fingerprint density at radius 1 is 1.22 bits per heavy atom. The van der Waals surface area contributed by atoms with Gasteiger partial charge < -0.3 is 9.47 Å². The highest BCUT2D eigenvalue weighted by molar-refractivity contribution is 5.90. The number of nitro benzene ring substituents is 1. The maximum absolute atomic E-state index is 12.8. The van der Waals surface area contributed by atoms with Gasteiger partial charge in [0.1, 0.15) is 12.4 Å². The van der Waals surface area contributed by atoms with Gasteiger partial charge in [0.2, 0.25) is 0 Å². The topological polar surface area (TPSA) is 78.7 Å². The lowest BCUT2D eigenvalue weighted by atomic mass is 10.2. The van der Waals surface area contributed by atoms with Crippen molar-refractivity contribution in [3.63, 3.8) is 0 Å². The highest BCUT2D eigenvalue weighted by Crippen LogP contribution is 2.29. The monoisotopic (exact) mass is 319 g/mol. The molecule has 0 amide bonds. The van der Waals surface area contributed by atoms with Gasteiger partial charge in [0.15, 0.2) is 5.75 Å². The zero-order valence-corrected chi connectivity index (χ0v) is 12.3. The van der Waals surface area contributed by atoms with Gasteiger partial charge in [-0.15, -0.1) is 0 Å². The van der Waals surface area contributed by atoms with Crippen LogP contribution in [-0.4, -0.2) is 17.5 Å². The van der Waals surface area contributed by atoms with E-state index in [0.29, 0.717) is 5.56 Å². The molecule has 0 unspecified atom stereocenters. The summed E-state index contributed by atoms with van der Waals surface area (Å²) in [5, 5.41) is 11.1. The van der Waals surface area contributed by atoms with Crippen LogP contribution in [0.1, 0.15) is 22.8 Å². The van der Waals surface area contributed by atoms with Crippen molar-refractivity contribution in [2.45, 2.75) is 13.5 Å². The lowest BCUT2D eigenvalue weighted by molar-refractivity contribution is -0.386. The Balaban J connectivity index is 2.19. The molecule has 0 radical (unpaired) electrons. The van der Waals surface area contributed by atoms with Gasteiger partial charge >= 0.3 is 11.7 Å². The van der Waals surface area contributed by atoms with E-state index in [2.05, 4.69) is 0 Å². The largest absolute Gasteiger partial charge is 0.482 e. The van der Waals surface area contributed by atoms with Crippen molar-refractivity contribution >= 4 is 11.7 Å². The molecule has 0 N–H and O–H groups in total. The Hall–Kier alpha value is -2.96. The van der Waals surface area contributed by atoms with Gasteiger partial charge in [0, 0.05) is 6.07 Å². The molecule has 0 saturated heterocycles. The number of ether oxygens (including phenoxy) is 2. The van der Waals surface area contributed by atoms with Crippen LogP contribution in [-0.2, 0) is 11.3 Å². The number of benzene rings is 2. The van der Waals surface area contributed by atoms with E-state index in [1.54, 1.807) is 6.92 Å². The van der Waals surface area contributed by atoms with Gasteiger partial charge in [-0.05, 0) is 36.8 Å². The van der Waals surface area contributed by atoms with Crippen molar-refractivity contribution in [3.05, 3.63) is 69.5 Å². The van der Waals surface area contributed by atoms with E-state index >= 15 is 0 Å². The summed E-state index contributed by atoms with van der Waals surface area (Å²) in [6, 6.07) is 9.44. The molecular formula is C16H14FNO5. The summed E-state index contributed by atoms with van der Waals surface area (Å²) < 4.78 is 23.0. The second-order valence-corrected chi connectivity index (χ2v) is 4.58. The SMILES string of the molecule is CCOC(=O)c1ccc(OCc2ccc(F)cc2)c([N+](=O)[O-])c1. The molecule has 0 aliphatic carbocycles. The summed E-state index contributed by atoms with van der Waals surface area (Å²) in [5.41, 5.74) is 0.403. The minimum atomic E-state index is -0.638. The van der Waals surface area contributed by atoms with E-state index in [9.17, 15) is 19.3 Å². The van der Waals surface area contributed by atoms with Crippen LogP contribution in [0.5, 0.6) is 5.75 Å². The molecule has 0 fully saturated rings. The van der Waals surface area contributed by atoms with Crippen LogP contribution in [0, 0.1) is 15.9 Å². The smallest absolute Gasteiger partial charge is 0.338 e. The van der Waals surface area contributed by atoms with E-state index in [4.69, 9.17) is 9.47 Å². The average Bonchev–Trinajstić information content (AvgIpc) is 2.54. The quantitative estimate of drug-likeness (QED) is 0.462. The number of hydrogen-bond donors (Lipinski definition) is 0. The molecule has 2 aromatic carbocycles. The second-order valence-electron chi connectivity index (χ2n) is 4.58. The number of nitro groups is 1. The number of esters is 1. The van der Waals surface area contributed by atoms with Crippen molar-refractivity contribution in [3.8, 4) is 5.75 Å². The van der Waals surface area contributed by atoms with Crippen LogP contribution in [0.15, 0.2) is 42.5 Å². The van der Waals surface area contributed by atoms with E-state index in [-0.39, 0.29) is 36.0 Å². The highest BCUT2D eigenvalue weighted by atomic mass is 19.1. The third kappa shape index (κ3) is 4.26. The first kappa shape index (κ1) is 16.4. The third-order valence-corrected chi connectivity index (χ3v) is 2.97. The molecule has 0 aromatic heterocycles. The molecule has 0 heterocycles. The first-order chi connectivity index (χ1) is 11.0. The van der Waals surface area contributed by atoms with Crippen LogP contribution in [0.2, 0.25) is 0 Å². The third-order valence-electron chi connectivity index (χ3n) is 2.97. The Kier molecular flexibility index (Phi) is 5.24. The van der Waals surface area contributed by atoms with Crippen LogP contribution in [0.25, 0.3) is 0 Å². The van der Waals surface area contributed by atoms with Gasteiger partial charge in [0.25, 0.3) is 0 Å². The molecule has 6 nitrogen and oxygen atoms in total. The Morgan fingerprint density at radius 2 is 1.91 bits per heavy atom. The predicted octanol–water partition coefficient (Wildman–Crippen LogP) is 3.49. The van der Waals surface area contributed by atoms with Gasteiger partial charge in [-0.1, -0.05) is 12.1 Å². The zero-order valence-electron chi connectivity index (χ0n) is 12.3. The lowest BCUT2D eigenvalue weighted by Crippen LogP contribution is -2.06. The fourth-order valence-electron chi connectivity index (χ4n) is 1.87. The predicted molar refractivity (Wildman–Crippen MR) is 79.8 cm³/mol. The maximum Gasteiger partial charge on any atom is 0.338 e. The molecule has 0 aliphatic rings. The molecule has 2 aromatic rings. The summed E-state index contributed by atoms with van der Waals surface area (Å²) >= 11 is 0. The van der Waals surface area contributed by atoms with Crippen molar-refractivity contribution in [2.75, 3.05) is 6.61 Å². The molecule has 0 atom stereocenters. The van der Waals surface area contributed by atoms with Crippen LogP contribution >= 0.6 is 0 Å². The van der Waals surface area contributed by atoms with E-state index < -0.39 is 10.9 Å². The number of carbonyl (C=O) groups is 1. The Labute approximate surface area is 131 Å². The molecule has 0 spiro atoms.